The Labute approximate surface area is 664 Å². The lowest BCUT2D eigenvalue weighted by atomic mass is 9.85. The van der Waals surface area contributed by atoms with Crippen LogP contribution in [0.15, 0.2) is 179 Å². The Kier molecular flexibility index (Phi) is 28.6. The Morgan fingerprint density at radius 1 is 0.339 bits per heavy atom. The molecule has 2 fully saturated rings. The number of nitrogens with one attached hydrogen (secondary N) is 12. The van der Waals surface area contributed by atoms with E-state index in [1.807, 2.05) is 17.5 Å². The number of hydrogen-bond acceptors (Lipinski definition) is 25. The maximum Gasteiger partial charge on any atom is 0.337 e. The Morgan fingerprint density at radius 2 is 0.644 bits per heavy atom. The lowest BCUT2D eigenvalue weighted by Crippen LogP contribution is -2.24. The summed E-state index contributed by atoms with van der Waals surface area (Å²) in [6.45, 7) is 8.34. The smallest absolute Gasteiger partial charge is 0.337 e. The molecule has 118 heavy (non-hydrogen) atoms. The first-order valence-corrected chi connectivity index (χ1v) is 39.8. The summed E-state index contributed by atoms with van der Waals surface area (Å²) in [5.41, 5.74) is -7.12. The molecule has 13 heterocycles. The normalized spacial score (nSPS) is 14.1. The first-order valence-electron chi connectivity index (χ1n) is 38.9. The van der Waals surface area contributed by atoms with E-state index in [9.17, 15) is 86.3 Å². The summed E-state index contributed by atoms with van der Waals surface area (Å²) in [6.07, 6.45) is 27.4. The van der Waals surface area contributed by atoms with Crippen molar-refractivity contribution in [3.05, 3.63) is 292 Å². The van der Waals surface area contributed by atoms with Crippen LogP contribution in [0, 0.1) is 29.6 Å². The first kappa shape index (κ1) is 85.7. The van der Waals surface area contributed by atoms with Crippen molar-refractivity contribution in [3.63, 3.8) is 0 Å². The van der Waals surface area contributed by atoms with Gasteiger partial charge in [0.05, 0.1) is 0 Å². The van der Waals surface area contributed by atoms with Crippen LogP contribution in [-0.2, 0) is 44.9 Å². The molecule has 3 aliphatic rings. The monoisotopic (exact) mass is 1640 g/mol. The number of fused-ring (bicyclic) bond motifs is 6. The van der Waals surface area contributed by atoms with Crippen molar-refractivity contribution >= 4 is 77.9 Å². The number of rotatable bonds is 19. The molecule has 13 aromatic rings. The van der Waals surface area contributed by atoms with Crippen molar-refractivity contribution in [2.75, 3.05) is 0 Å². The molecular weight excluding hydrogens is 1560 g/mol. The van der Waals surface area contributed by atoms with E-state index in [1.54, 1.807) is 11.3 Å². The zero-order valence-electron chi connectivity index (χ0n) is 64.9. The molecule has 0 saturated heterocycles. The fourth-order valence-electron chi connectivity index (χ4n) is 14.9. The average Bonchev–Trinajstić information content (AvgIpc) is 1.09. The largest absolute Gasteiger partial charge is 0.405 e. The number of allylic oxidation sites excluding steroid dienone is 2. The first-order chi connectivity index (χ1) is 56.5. The highest BCUT2D eigenvalue weighted by Gasteiger charge is 2.22. The van der Waals surface area contributed by atoms with Crippen LogP contribution >= 0.6 is 11.3 Å². The summed E-state index contributed by atoms with van der Waals surface area (Å²) in [5, 5.41) is 3.56. The van der Waals surface area contributed by atoms with Crippen molar-refractivity contribution < 1.29 is 26.5 Å². The number of H-pyrrole nitrogens is 12. The number of aromatic amines is 12. The van der Waals surface area contributed by atoms with E-state index in [0.29, 0.717) is 101 Å². The molecule has 0 aliphatic heterocycles. The van der Waals surface area contributed by atoms with Gasteiger partial charge in [-0.15, -0.1) is 11.3 Å². The summed E-state index contributed by atoms with van der Waals surface area (Å²) in [4.78, 5) is 235. The minimum absolute atomic E-state index is 0.0325. The third-order valence-corrected chi connectivity index (χ3v) is 21.4. The van der Waals surface area contributed by atoms with E-state index >= 15 is 0 Å². The molecule has 1 unspecified atom stereocenters. The van der Waals surface area contributed by atoms with Crippen LogP contribution < -0.4 is 101 Å². The van der Waals surface area contributed by atoms with Gasteiger partial charge >= 0.3 is 67.9 Å². The Morgan fingerprint density at radius 3 is 0.958 bits per heavy atom. The fourth-order valence-corrected chi connectivity index (χ4v) is 15.7. The van der Waals surface area contributed by atoms with E-state index in [2.05, 4.69) is 99.7 Å². The lowest BCUT2D eigenvalue weighted by molar-refractivity contribution is 0.339. The van der Waals surface area contributed by atoms with Crippen LogP contribution in [0.1, 0.15) is 175 Å². The predicted molar refractivity (Wildman–Crippen MR) is 440 cm³/mol. The number of aryl methyl sites for hydroxylation is 6. The summed E-state index contributed by atoms with van der Waals surface area (Å²) in [5.74, 6) is 2.65. The Balaban J connectivity index is 0.000000139. The minimum atomic E-state index is -0.689. The van der Waals surface area contributed by atoms with Gasteiger partial charge in [0.2, 0.25) is 34.3 Å². The van der Waals surface area contributed by atoms with E-state index in [1.165, 1.54) is 99.1 Å². The lowest BCUT2D eigenvalue weighted by Gasteiger charge is -2.21. The molecular formula is C81H88N12O24S. The van der Waals surface area contributed by atoms with Crippen molar-refractivity contribution in [2.45, 2.75) is 182 Å². The van der Waals surface area contributed by atoms with Gasteiger partial charge < -0.3 is 26.5 Å². The zero-order chi connectivity index (χ0) is 84.4. The molecule has 2 saturated carbocycles. The SMILES string of the molecule is CC(C)CCCc1cc(=O)oc2[nH]c(=O)[nH]c(=O)c12.CC(C)CCc1cc(=O)oc2[nH]c(=O)[nH]c(=O)c12.O=c1[nH]c(=O)c2c(CC3C=CCC3)cc(=O)oc2[nH]1.O=c1[nH]c(=O)c2c(CCC3CCCC3)cc(=O)oc2[nH]1.O=c1[nH]c(=O)c2c(CCC3CCCCC3)cc(=O)oc2[nH]1.O=c1[nH]c(=O)c2c(CCCc3cccs3)cc(=O)oc2[nH]1. The second-order valence-electron chi connectivity index (χ2n) is 30.1. The molecule has 13 aromatic heterocycles. The third kappa shape index (κ3) is 23.1. The molecule has 622 valence electrons. The van der Waals surface area contributed by atoms with Gasteiger partial charge in [0.1, 0.15) is 32.3 Å². The van der Waals surface area contributed by atoms with Gasteiger partial charge in [0.25, 0.3) is 33.4 Å². The quantitative estimate of drug-likeness (QED) is 0.0364. The molecule has 1 atom stereocenters. The van der Waals surface area contributed by atoms with E-state index in [-0.39, 0.29) is 66.6 Å². The maximum atomic E-state index is 11.9. The van der Waals surface area contributed by atoms with Crippen LogP contribution in [0.5, 0.6) is 0 Å². The second-order valence-corrected chi connectivity index (χ2v) is 31.1. The van der Waals surface area contributed by atoms with E-state index in [0.717, 1.165) is 57.8 Å². The van der Waals surface area contributed by atoms with Crippen LogP contribution in [0.25, 0.3) is 66.6 Å². The highest BCUT2D eigenvalue weighted by atomic mass is 32.1. The average molecular weight is 1650 g/mol. The van der Waals surface area contributed by atoms with E-state index in [4.69, 9.17) is 26.5 Å². The van der Waals surface area contributed by atoms with E-state index < -0.39 is 101 Å². The number of hydrogen-bond donors (Lipinski definition) is 12. The molecule has 16 rings (SSSR count). The Hall–Kier alpha value is -13.2. The van der Waals surface area contributed by atoms with Gasteiger partial charge in [-0.3, -0.25) is 88.6 Å². The third-order valence-electron chi connectivity index (χ3n) is 20.5. The van der Waals surface area contributed by atoms with Gasteiger partial charge in [0.15, 0.2) is 0 Å². The van der Waals surface area contributed by atoms with Gasteiger partial charge in [-0.1, -0.05) is 110 Å². The van der Waals surface area contributed by atoms with Crippen LogP contribution in [0.2, 0.25) is 0 Å². The van der Waals surface area contributed by atoms with Gasteiger partial charge in [-0.2, -0.15) is 0 Å². The van der Waals surface area contributed by atoms with Crippen molar-refractivity contribution in [3.8, 4) is 0 Å². The standard InChI is InChI=1S/C15H18N2O4.C14H12N2O4S.C14H16N2O4.C13H12N2O4.C13H16N2O4.C12H14N2O4/c18-11-8-10(7-6-9-4-2-1-3-5-9)12-13(19)16-15(20)17-14(12)21-11;17-10-7-8(3-1-4-9-5-2-6-21-9)11-12(18)15-14(19)16-13(11)20-10;17-10-7-9(6-5-8-3-1-2-4-8)11-12(18)15-14(19)16-13(11)20-10;16-9-6-8(5-7-3-1-2-4-7)10-11(17)14-13(18)15-12(10)19-9;1-7(2)4-3-5-8-6-9(16)19-12-10(8)11(17)14-13(18)15-12;1-6(2)3-4-7-5-8(15)18-11-9(7)10(16)13-12(17)14-11/h8-9H,1-7H2,(H2,16,17,19,20);2,5-7H,1,3-4H2,(H2,15,16,18,19);7-8H,1-6H2,(H2,15,16,18,19);1,3,6-7H,2,4-5H2,(H2,14,15,17,18);6-7H,3-5H2,1-2H3,(H2,14,15,17,18);5-6H,3-4H2,1-2H3,(H2,13,14,16,17). The number of aromatic nitrogens is 12. The number of thiophene rings is 1. The van der Waals surface area contributed by atoms with Crippen molar-refractivity contribution in [1.82, 2.24) is 59.8 Å². The van der Waals surface area contributed by atoms with Crippen LogP contribution in [0.4, 0.5) is 0 Å². The molecule has 36 nitrogen and oxygen atoms in total. The van der Waals surface area contributed by atoms with Crippen molar-refractivity contribution in [2.24, 2.45) is 29.6 Å². The second kappa shape index (κ2) is 39.4. The summed E-state index contributed by atoms with van der Waals surface area (Å²) in [6, 6.07) is 12.0. The van der Waals surface area contributed by atoms with Gasteiger partial charge in [-0.25, -0.2) is 57.5 Å². The molecule has 0 aromatic carbocycles. The topological polar surface area (TPSA) is 576 Å². The molecule has 37 heteroatoms. The molecule has 0 spiro atoms. The highest BCUT2D eigenvalue weighted by molar-refractivity contribution is 7.09. The van der Waals surface area contributed by atoms with Crippen molar-refractivity contribution in [1.29, 1.82) is 0 Å². The summed E-state index contributed by atoms with van der Waals surface area (Å²) >= 11 is 1.67. The molecule has 0 amide bonds. The van der Waals surface area contributed by atoms with Gasteiger partial charge in [0, 0.05) is 41.3 Å². The maximum absolute atomic E-state index is 11.9. The Bertz CT molecular complexity index is 6980. The van der Waals surface area contributed by atoms with Crippen LogP contribution in [-0.4, -0.2) is 59.8 Å². The van der Waals surface area contributed by atoms with Gasteiger partial charge in [-0.05, 0) is 164 Å². The summed E-state index contributed by atoms with van der Waals surface area (Å²) in [7, 11) is 0. The zero-order valence-corrected chi connectivity index (χ0v) is 65.7. The fraction of sp³-hybridized carbons (Fsp3) is 0.407. The predicted octanol–water partition coefficient (Wildman–Crippen LogP) is 6.97. The molecule has 0 radical (unpaired) electrons. The molecule has 12 N–H and O–H groups in total. The molecule has 3 aliphatic carbocycles. The highest BCUT2D eigenvalue weighted by Crippen LogP contribution is 2.31. The minimum Gasteiger partial charge on any atom is -0.405 e. The molecule has 0 bridgehead atoms. The summed E-state index contributed by atoms with van der Waals surface area (Å²) < 4.78 is 29.3. The van der Waals surface area contributed by atoms with Crippen LogP contribution in [0.3, 0.4) is 0 Å².